The van der Waals surface area contributed by atoms with Crippen LogP contribution in [-0.2, 0) is 0 Å². The molecule has 0 spiro atoms. The largest absolute Gasteiger partial charge is 0.389 e. The highest BCUT2D eigenvalue weighted by Gasteiger charge is 2.10. The Bertz CT molecular complexity index is 140. The first kappa shape index (κ1) is 9.79. The summed E-state index contributed by atoms with van der Waals surface area (Å²) in [4.78, 5) is 0. The molecule has 0 saturated carbocycles. The number of aliphatic hydroxyl groups is 1. The zero-order valence-electron chi connectivity index (χ0n) is 8.00. The first-order valence-electron chi connectivity index (χ1n) is 5.19. The van der Waals surface area contributed by atoms with Gasteiger partial charge in [0.15, 0.2) is 0 Å². The highest BCUT2D eigenvalue weighted by molar-refractivity contribution is 4.95. The normalized spacial score (nSPS) is 30.2. The van der Waals surface area contributed by atoms with Crippen LogP contribution in [0.25, 0.3) is 0 Å². The monoisotopic (exact) mass is 168 g/mol. The van der Waals surface area contributed by atoms with Crippen LogP contribution in [0, 0.1) is 5.92 Å². The third-order valence-electron chi connectivity index (χ3n) is 2.61. The van der Waals surface area contributed by atoms with Crippen molar-refractivity contribution in [2.24, 2.45) is 5.92 Å². The highest BCUT2D eigenvalue weighted by Crippen LogP contribution is 2.21. The molecule has 1 N–H and O–H groups in total. The fraction of sp³-hybridized carbons (Fsp3) is 0.818. The third kappa shape index (κ3) is 3.40. The maximum absolute atomic E-state index is 9.35. The van der Waals surface area contributed by atoms with Gasteiger partial charge in [-0.05, 0) is 31.6 Å². The molecule has 0 aromatic rings. The third-order valence-corrected chi connectivity index (χ3v) is 2.61. The summed E-state index contributed by atoms with van der Waals surface area (Å²) in [7, 11) is 0. The quantitative estimate of drug-likeness (QED) is 0.642. The molecule has 70 valence electrons. The SMILES string of the molecule is CCCCC1C=CC(O)CCC1. The van der Waals surface area contributed by atoms with Crippen LogP contribution in [-0.4, -0.2) is 11.2 Å². The van der Waals surface area contributed by atoms with E-state index in [0.717, 1.165) is 12.3 Å². The number of hydrogen-bond donors (Lipinski definition) is 1. The van der Waals surface area contributed by atoms with Crippen LogP contribution in [0.2, 0.25) is 0 Å². The van der Waals surface area contributed by atoms with Crippen LogP contribution in [0.1, 0.15) is 45.4 Å². The van der Waals surface area contributed by atoms with E-state index >= 15 is 0 Å². The number of rotatable bonds is 3. The molecule has 1 nitrogen and oxygen atoms in total. The van der Waals surface area contributed by atoms with Gasteiger partial charge >= 0.3 is 0 Å². The van der Waals surface area contributed by atoms with E-state index in [1.165, 1.54) is 32.1 Å². The predicted octanol–water partition coefficient (Wildman–Crippen LogP) is 2.89. The van der Waals surface area contributed by atoms with Crippen LogP contribution in [0.3, 0.4) is 0 Å². The van der Waals surface area contributed by atoms with Crippen LogP contribution in [0.15, 0.2) is 12.2 Å². The molecule has 2 unspecified atom stereocenters. The van der Waals surface area contributed by atoms with Gasteiger partial charge in [-0.25, -0.2) is 0 Å². The molecule has 0 saturated heterocycles. The summed E-state index contributed by atoms with van der Waals surface area (Å²) >= 11 is 0. The lowest BCUT2D eigenvalue weighted by atomic mass is 9.97. The van der Waals surface area contributed by atoms with E-state index in [1.54, 1.807) is 0 Å². The maximum atomic E-state index is 9.35. The summed E-state index contributed by atoms with van der Waals surface area (Å²) in [6.45, 7) is 2.23. The minimum atomic E-state index is -0.170. The lowest BCUT2D eigenvalue weighted by Crippen LogP contribution is -1.98. The van der Waals surface area contributed by atoms with Crippen molar-refractivity contribution in [2.45, 2.75) is 51.6 Å². The molecule has 1 heteroatoms. The van der Waals surface area contributed by atoms with E-state index in [2.05, 4.69) is 13.0 Å². The average molecular weight is 168 g/mol. The fourth-order valence-electron chi connectivity index (χ4n) is 1.77. The molecule has 0 aromatic carbocycles. The van der Waals surface area contributed by atoms with Crippen molar-refractivity contribution in [3.8, 4) is 0 Å². The Kier molecular flexibility index (Phi) is 4.37. The second-order valence-electron chi connectivity index (χ2n) is 3.79. The number of aliphatic hydroxyl groups excluding tert-OH is 1. The molecule has 0 fully saturated rings. The number of allylic oxidation sites excluding steroid dienone is 1. The van der Waals surface area contributed by atoms with Crippen molar-refractivity contribution in [2.75, 3.05) is 0 Å². The molecule has 12 heavy (non-hydrogen) atoms. The van der Waals surface area contributed by atoms with Gasteiger partial charge in [-0.3, -0.25) is 0 Å². The van der Waals surface area contributed by atoms with E-state index in [4.69, 9.17) is 0 Å². The molecule has 0 amide bonds. The average Bonchev–Trinajstić information content (AvgIpc) is 2.27. The second kappa shape index (κ2) is 5.36. The van der Waals surface area contributed by atoms with Gasteiger partial charge in [0.2, 0.25) is 0 Å². The smallest absolute Gasteiger partial charge is 0.0721 e. The molecule has 1 aliphatic carbocycles. The summed E-state index contributed by atoms with van der Waals surface area (Å²) in [5.41, 5.74) is 0. The lowest BCUT2D eigenvalue weighted by molar-refractivity contribution is 0.210. The molecule has 0 aromatic heterocycles. The Morgan fingerprint density at radius 3 is 2.92 bits per heavy atom. The van der Waals surface area contributed by atoms with Gasteiger partial charge in [0.25, 0.3) is 0 Å². The van der Waals surface area contributed by atoms with Crippen molar-refractivity contribution in [1.82, 2.24) is 0 Å². The minimum absolute atomic E-state index is 0.170. The summed E-state index contributed by atoms with van der Waals surface area (Å²) in [6.07, 6.45) is 11.4. The minimum Gasteiger partial charge on any atom is -0.389 e. The van der Waals surface area contributed by atoms with Crippen LogP contribution >= 0.6 is 0 Å². The Hall–Kier alpha value is -0.300. The molecular weight excluding hydrogens is 148 g/mol. The fourth-order valence-corrected chi connectivity index (χ4v) is 1.77. The van der Waals surface area contributed by atoms with E-state index < -0.39 is 0 Å². The van der Waals surface area contributed by atoms with Crippen LogP contribution in [0.4, 0.5) is 0 Å². The van der Waals surface area contributed by atoms with Gasteiger partial charge in [-0.1, -0.05) is 31.9 Å². The predicted molar refractivity (Wildman–Crippen MR) is 52.0 cm³/mol. The van der Waals surface area contributed by atoms with Gasteiger partial charge in [-0.15, -0.1) is 0 Å². The standard InChI is InChI=1S/C11H20O/c1-2-3-5-10-6-4-7-11(12)9-8-10/h8-12H,2-7H2,1H3. The molecule has 1 aliphatic rings. The van der Waals surface area contributed by atoms with Crippen molar-refractivity contribution in [3.05, 3.63) is 12.2 Å². The molecular formula is C11H20O. The Morgan fingerprint density at radius 2 is 2.17 bits per heavy atom. The first-order valence-corrected chi connectivity index (χ1v) is 5.19. The highest BCUT2D eigenvalue weighted by atomic mass is 16.3. The molecule has 0 aliphatic heterocycles. The van der Waals surface area contributed by atoms with Gasteiger partial charge in [0, 0.05) is 0 Å². The lowest BCUT2D eigenvalue weighted by Gasteiger charge is -2.08. The Balaban J connectivity index is 2.28. The maximum Gasteiger partial charge on any atom is 0.0721 e. The zero-order valence-corrected chi connectivity index (χ0v) is 8.00. The Morgan fingerprint density at radius 1 is 1.33 bits per heavy atom. The van der Waals surface area contributed by atoms with Crippen LogP contribution in [0.5, 0.6) is 0 Å². The van der Waals surface area contributed by atoms with Gasteiger partial charge in [0.1, 0.15) is 0 Å². The number of hydrogen-bond acceptors (Lipinski definition) is 1. The molecule has 2 atom stereocenters. The second-order valence-corrected chi connectivity index (χ2v) is 3.79. The van der Waals surface area contributed by atoms with E-state index in [9.17, 15) is 5.11 Å². The zero-order chi connectivity index (χ0) is 8.81. The van der Waals surface area contributed by atoms with Crippen molar-refractivity contribution >= 4 is 0 Å². The van der Waals surface area contributed by atoms with E-state index in [0.29, 0.717) is 0 Å². The van der Waals surface area contributed by atoms with Gasteiger partial charge < -0.3 is 5.11 Å². The van der Waals surface area contributed by atoms with Gasteiger partial charge in [-0.2, -0.15) is 0 Å². The molecule has 0 heterocycles. The van der Waals surface area contributed by atoms with Crippen molar-refractivity contribution < 1.29 is 5.11 Å². The first-order chi connectivity index (χ1) is 5.83. The summed E-state index contributed by atoms with van der Waals surface area (Å²) < 4.78 is 0. The van der Waals surface area contributed by atoms with Crippen molar-refractivity contribution in [3.63, 3.8) is 0 Å². The number of unbranched alkanes of at least 4 members (excludes halogenated alkanes) is 1. The molecule has 0 bridgehead atoms. The van der Waals surface area contributed by atoms with Crippen LogP contribution < -0.4 is 0 Å². The summed E-state index contributed by atoms with van der Waals surface area (Å²) in [5.74, 6) is 0.738. The topological polar surface area (TPSA) is 20.2 Å². The molecule has 1 rings (SSSR count). The summed E-state index contributed by atoms with van der Waals surface area (Å²) in [6, 6.07) is 0. The summed E-state index contributed by atoms with van der Waals surface area (Å²) in [5, 5.41) is 9.35. The van der Waals surface area contributed by atoms with E-state index in [-0.39, 0.29) is 6.10 Å². The van der Waals surface area contributed by atoms with Crippen molar-refractivity contribution in [1.29, 1.82) is 0 Å². The molecule has 0 radical (unpaired) electrons. The Labute approximate surface area is 75.5 Å². The van der Waals surface area contributed by atoms with E-state index in [1.807, 2.05) is 6.08 Å². The van der Waals surface area contributed by atoms with Gasteiger partial charge in [0.05, 0.1) is 6.10 Å².